The Morgan fingerprint density at radius 1 is 0.808 bits per heavy atom. The van der Waals surface area contributed by atoms with Crippen molar-refractivity contribution >= 4 is 23.1 Å². The first-order chi connectivity index (χ1) is 12.6. The Morgan fingerprint density at radius 2 is 1.46 bits per heavy atom. The molecule has 0 aliphatic rings. The number of para-hydroxylation sites is 1. The number of nitro benzene ring substituents is 1. The quantitative estimate of drug-likeness (QED) is 0.499. The highest BCUT2D eigenvalue weighted by molar-refractivity contribution is 5.99. The molecule has 0 aliphatic heterocycles. The number of anilines is 2. The summed E-state index contributed by atoms with van der Waals surface area (Å²) < 4.78 is 5.66. The minimum atomic E-state index is -0.473. The third-order valence-electron chi connectivity index (χ3n) is 3.41. The molecule has 3 aromatic carbocycles. The van der Waals surface area contributed by atoms with Crippen molar-refractivity contribution in [1.29, 1.82) is 0 Å². The number of carbonyl (C=O) groups is 1. The summed E-state index contributed by atoms with van der Waals surface area (Å²) in [6.45, 7) is 0. The summed E-state index contributed by atoms with van der Waals surface area (Å²) in [6, 6.07) is 21.3. The molecule has 0 aliphatic carbocycles. The number of nitro groups is 1. The van der Waals surface area contributed by atoms with E-state index in [2.05, 4.69) is 10.6 Å². The lowest BCUT2D eigenvalue weighted by Gasteiger charge is -2.10. The van der Waals surface area contributed by atoms with Crippen LogP contribution in [0.25, 0.3) is 0 Å². The lowest BCUT2D eigenvalue weighted by Crippen LogP contribution is -2.19. The number of nitrogens with one attached hydrogen (secondary N) is 2. The number of carbonyl (C=O) groups excluding carboxylic acids is 1. The zero-order valence-electron chi connectivity index (χ0n) is 13.6. The van der Waals surface area contributed by atoms with E-state index in [0.29, 0.717) is 22.9 Å². The Balaban J connectivity index is 1.64. The standard InChI is InChI=1S/C19H15N3O4/c23-19(20-14-5-2-1-3-6-14)21-15-7-4-8-18(13-15)26-17-11-9-16(10-12-17)22(24)25/h1-13H,(H2,20,21,23). The van der Waals surface area contributed by atoms with Gasteiger partial charge in [-0.25, -0.2) is 4.79 Å². The van der Waals surface area contributed by atoms with Crippen LogP contribution in [-0.2, 0) is 0 Å². The van der Waals surface area contributed by atoms with Crippen LogP contribution in [0.1, 0.15) is 0 Å². The van der Waals surface area contributed by atoms with Crippen molar-refractivity contribution < 1.29 is 14.5 Å². The lowest BCUT2D eigenvalue weighted by molar-refractivity contribution is -0.384. The summed E-state index contributed by atoms with van der Waals surface area (Å²) >= 11 is 0. The first-order valence-electron chi connectivity index (χ1n) is 7.75. The molecule has 3 aromatic rings. The molecule has 0 aromatic heterocycles. The van der Waals surface area contributed by atoms with Crippen molar-refractivity contribution in [2.24, 2.45) is 0 Å². The van der Waals surface area contributed by atoms with Gasteiger partial charge in [0.05, 0.1) is 4.92 Å². The van der Waals surface area contributed by atoms with E-state index in [1.807, 2.05) is 18.2 Å². The molecule has 3 rings (SSSR count). The summed E-state index contributed by atoms with van der Waals surface area (Å²) in [4.78, 5) is 22.2. The molecule has 0 unspecified atom stereocenters. The van der Waals surface area contributed by atoms with Crippen LogP contribution in [0.5, 0.6) is 11.5 Å². The van der Waals surface area contributed by atoms with Crippen LogP contribution >= 0.6 is 0 Å². The minimum absolute atomic E-state index is 0.00893. The molecule has 0 fully saturated rings. The summed E-state index contributed by atoms with van der Waals surface area (Å²) in [6.07, 6.45) is 0. The Kier molecular flexibility index (Phi) is 5.09. The number of ether oxygens (including phenoxy) is 1. The molecule has 130 valence electrons. The molecule has 7 heteroatoms. The number of non-ortho nitro benzene ring substituents is 1. The maximum absolute atomic E-state index is 12.0. The van der Waals surface area contributed by atoms with Gasteiger partial charge in [-0.2, -0.15) is 0 Å². The number of amides is 2. The van der Waals surface area contributed by atoms with Crippen LogP contribution in [0.15, 0.2) is 78.9 Å². The summed E-state index contributed by atoms with van der Waals surface area (Å²) in [7, 11) is 0. The Morgan fingerprint density at radius 3 is 2.15 bits per heavy atom. The highest BCUT2D eigenvalue weighted by Gasteiger charge is 2.07. The van der Waals surface area contributed by atoms with E-state index < -0.39 is 4.92 Å². The highest BCUT2D eigenvalue weighted by Crippen LogP contribution is 2.26. The first kappa shape index (κ1) is 17.0. The van der Waals surface area contributed by atoms with Crippen LogP contribution in [0.3, 0.4) is 0 Å². The fraction of sp³-hybridized carbons (Fsp3) is 0. The van der Waals surface area contributed by atoms with Crippen molar-refractivity contribution in [3.8, 4) is 11.5 Å². The predicted octanol–water partition coefficient (Wildman–Crippen LogP) is 5.03. The number of nitrogens with zero attached hydrogens (tertiary/aromatic N) is 1. The van der Waals surface area contributed by atoms with E-state index in [-0.39, 0.29) is 11.7 Å². The number of hydrogen-bond acceptors (Lipinski definition) is 4. The van der Waals surface area contributed by atoms with Crippen molar-refractivity contribution in [1.82, 2.24) is 0 Å². The molecule has 0 atom stereocenters. The van der Waals surface area contributed by atoms with Gasteiger partial charge in [0.2, 0.25) is 0 Å². The van der Waals surface area contributed by atoms with Gasteiger partial charge in [0.25, 0.3) is 5.69 Å². The first-order valence-corrected chi connectivity index (χ1v) is 7.75. The molecular formula is C19H15N3O4. The van der Waals surface area contributed by atoms with Crippen LogP contribution in [0, 0.1) is 10.1 Å². The van der Waals surface area contributed by atoms with Gasteiger partial charge in [0.15, 0.2) is 0 Å². The van der Waals surface area contributed by atoms with Gasteiger partial charge in [-0.15, -0.1) is 0 Å². The largest absolute Gasteiger partial charge is 0.457 e. The summed E-state index contributed by atoms with van der Waals surface area (Å²) in [5, 5.41) is 16.1. The normalized spacial score (nSPS) is 10.0. The molecule has 2 N–H and O–H groups in total. The smallest absolute Gasteiger partial charge is 0.323 e. The van der Waals surface area contributed by atoms with Crippen LogP contribution < -0.4 is 15.4 Å². The van der Waals surface area contributed by atoms with Crippen LogP contribution in [-0.4, -0.2) is 11.0 Å². The lowest BCUT2D eigenvalue weighted by atomic mass is 10.3. The maximum Gasteiger partial charge on any atom is 0.323 e. The summed E-state index contributed by atoms with van der Waals surface area (Å²) in [5.74, 6) is 0.956. The molecule has 0 bridgehead atoms. The van der Waals surface area contributed by atoms with Gasteiger partial charge in [0, 0.05) is 29.6 Å². The van der Waals surface area contributed by atoms with Gasteiger partial charge >= 0.3 is 6.03 Å². The Bertz CT molecular complexity index is 912. The molecule has 0 saturated carbocycles. The number of hydrogen-bond donors (Lipinski definition) is 2. The van der Waals surface area contributed by atoms with Crippen molar-refractivity contribution in [3.63, 3.8) is 0 Å². The number of rotatable bonds is 5. The zero-order valence-corrected chi connectivity index (χ0v) is 13.6. The van der Waals surface area contributed by atoms with E-state index in [9.17, 15) is 14.9 Å². The molecule has 0 heterocycles. The average Bonchev–Trinajstić information content (AvgIpc) is 2.63. The molecule has 7 nitrogen and oxygen atoms in total. The molecule has 2 amide bonds. The Hall–Kier alpha value is -3.87. The van der Waals surface area contributed by atoms with E-state index in [1.165, 1.54) is 24.3 Å². The maximum atomic E-state index is 12.0. The predicted molar refractivity (Wildman–Crippen MR) is 98.7 cm³/mol. The van der Waals surface area contributed by atoms with Gasteiger partial charge in [-0.3, -0.25) is 10.1 Å². The van der Waals surface area contributed by atoms with E-state index in [0.717, 1.165) is 0 Å². The van der Waals surface area contributed by atoms with Crippen molar-refractivity contribution in [2.45, 2.75) is 0 Å². The fourth-order valence-corrected chi connectivity index (χ4v) is 2.22. The second-order valence-corrected chi connectivity index (χ2v) is 5.33. The fourth-order valence-electron chi connectivity index (χ4n) is 2.22. The van der Waals surface area contributed by atoms with E-state index in [1.54, 1.807) is 36.4 Å². The topological polar surface area (TPSA) is 93.5 Å². The zero-order chi connectivity index (χ0) is 18.4. The number of urea groups is 1. The van der Waals surface area contributed by atoms with E-state index >= 15 is 0 Å². The average molecular weight is 349 g/mol. The Labute approximate surface area is 149 Å². The summed E-state index contributed by atoms with van der Waals surface area (Å²) in [5.41, 5.74) is 1.23. The molecule has 26 heavy (non-hydrogen) atoms. The monoisotopic (exact) mass is 349 g/mol. The molecular weight excluding hydrogens is 334 g/mol. The van der Waals surface area contributed by atoms with Crippen molar-refractivity contribution in [2.75, 3.05) is 10.6 Å². The van der Waals surface area contributed by atoms with Crippen molar-refractivity contribution in [3.05, 3.63) is 89.0 Å². The molecule has 0 radical (unpaired) electrons. The third kappa shape index (κ3) is 4.57. The van der Waals surface area contributed by atoms with Gasteiger partial charge in [-0.05, 0) is 36.4 Å². The van der Waals surface area contributed by atoms with Gasteiger partial charge in [0.1, 0.15) is 11.5 Å². The highest BCUT2D eigenvalue weighted by atomic mass is 16.6. The molecule has 0 saturated heterocycles. The minimum Gasteiger partial charge on any atom is -0.457 e. The SMILES string of the molecule is O=C(Nc1ccccc1)Nc1cccc(Oc2ccc([N+](=O)[O-])cc2)c1. The second-order valence-electron chi connectivity index (χ2n) is 5.33. The van der Waals surface area contributed by atoms with Crippen LogP contribution in [0.2, 0.25) is 0 Å². The van der Waals surface area contributed by atoms with Gasteiger partial charge in [-0.1, -0.05) is 24.3 Å². The van der Waals surface area contributed by atoms with E-state index in [4.69, 9.17) is 4.74 Å². The molecule has 0 spiro atoms. The number of benzene rings is 3. The second kappa shape index (κ2) is 7.80. The van der Waals surface area contributed by atoms with Crippen LogP contribution in [0.4, 0.5) is 21.9 Å². The van der Waals surface area contributed by atoms with Gasteiger partial charge < -0.3 is 15.4 Å². The third-order valence-corrected chi connectivity index (χ3v) is 3.41.